The van der Waals surface area contributed by atoms with Crippen LogP contribution in [0.4, 0.5) is 5.82 Å². The summed E-state index contributed by atoms with van der Waals surface area (Å²) in [6.45, 7) is -0.358. The summed E-state index contributed by atoms with van der Waals surface area (Å²) in [5.74, 6) is -0.854. The molecule has 0 radical (unpaired) electrons. The number of amides is 1. The lowest BCUT2D eigenvalue weighted by Gasteiger charge is -2.06. The fourth-order valence-electron chi connectivity index (χ4n) is 1.26. The maximum absolute atomic E-state index is 11.6. The molecule has 0 aliphatic carbocycles. The first-order valence-electron chi connectivity index (χ1n) is 5.72. The van der Waals surface area contributed by atoms with Crippen molar-refractivity contribution < 1.29 is 14.7 Å². The maximum Gasteiger partial charge on any atom is 0.325 e. The summed E-state index contributed by atoms with van der Waals surface area (Å²) in [6, 6.07) is 5.22. The van der Waals surface area contributed by atoms with Crippen molar-refractivity contribution in [2.24, 2.45) is 0 Å². The molecule has 110 valence electrons. The Hall–Kier alpha value is -2.69. The molecule has 0 spiro atoms. The number of nitrogens with one attached hydrogen (secondary N) is 2. The summed E-state index contributed by atoms with van der Waals surface area (Å²) in [5.41, 5.74) is 5.10. The highest BCUT2D eigenvalue weighted by molar-refractivity contribution is 7.99. The van der Waals surface area contributed by atoms with E-state index in [0.717, 1.165) is 16.4 Å². The number of carboxylic acid groups (broad SMARTS) is 1. The van der Waals surface area contributed by atoms with E-state index in [2.05, 4.69) is 31.4 Å². The van der Waals surface area contributed by atoms with Gasteiger partial charge in [-0.2, -0.15) is 0 Å². The number of aromatic nitrogens is 5. The highest BCUT2D eigenvalue weighted by atomic mass is 32.2. The van der Waals surface area contributed by atoms with E-state index < -0.39 is 5.97 Å². The molecular weight excluding hydrogens is 298 g/mol. The number of tetrazole rings is 1. The molecule has 0 aromatic carbocycles. The first-order chi connectivity index (χ1) is 10.1. The molecule has 2 aromatic rings. The van der Waals surface area contributed by atoms with Crippen LogP contribution in [-0.4, -0.2) is 47.9 Å². The molecule has 0 bridgehead atoms. The zero-order valence-electron chi connectivity index (χ0n) is 10.6. The van der Waals surface area contributed by atoms with E-state index in [-0.39, 0.29) is 23.4 Å². The number of rotatable bonds is 7. The summed E-state index contributed by atoms with van der Waals surface area (Å²) < 4.78 is 1.10. The van der Waals surface area contributed by atoms with Gasteiger partial charge in [-0.3, -0.25) is 20.4 Å². The van der Waals surface area contributed by atoms with E-state index in [1.165, 1.54) is 0 Å². The van der Waals surface area contributed by atoms with Gasteiger partial charge >= 0.3 is 5.97 Å². The zero-order chi connectivity index (χ0) is 15.1. The van der Waals surface area contributed by atoms with E-state index in [1.807, 2.05) is 0 Å². The molecule has 2 heterocycles. The summed E-state index contributed by atoms with van der Waals surface area (Å²) in [7, 11) is 0. The minimum Gasteiger partial charge on any atom is -0.480 e. The number of carboxylic acids is 1. The van der Waals surface area contributed by atoms with Crippen molar-refractivity contribution in [1.29, 1.82) is 0 Å². The zero-order valence-corrected chi connectivity index (χ0v) is 11.4. The SMILES string of the molecule is O=C(O)Cn1nnnc1SCC(=O)NNc1ccccn1. The van der Waals surface area contributed by atoms with Crippen molar-refractivity contribution >= 4 is 29.5 Å². The van der Waals surface area contributed by atoms with Crippen molar-refractivity contribution in [1.82, 2.24) is 30.6 Å². The van der Waals surface area contributed by atoms with Crippen LogP contribution in [0.2, 0.25) is 0 Å². The summed E-state index contributed by atoms with van der Waals surface area (Å²) in [4.78, 5) is 26.2. The Balaban J connectivity index is 1.79. The molecule has 21 heavy (non-hydrogen) atoms. The minimum absolute atomic E-state index is 0.0276. The summed E-state index contributed by atoms with van der Waals surface area (Å²) >= 11 is 1.03. The molecule has 2 aromatic heterocycles. The molecule has 0 aliphatic heterocycles. The lowest BCUT2D eigenvalue weighted by Crippen LogP contribution is -2.31. The average Bonchev–Trinajstić information content (AvgIpc) is 2.90. The van der Waals surface area contributed by atoms with Crippen LogP contribution in [0.1, 0.15) is 0 Å². The number of carbonyl (C=O) groups is 2. The maximum atomic E-state index is 11.6. The fourth-order valence-corrected chi connectivity index (χ4v) is 1.94. The predicted octanol–water partition coefficient (Wildman–Crippen LogP) is -0.612. The molecule has 1 amide bonds. The summed E-state index contributed by atoms with van der Waals surface area (Å²) in [5, 5.41) is 19.5. The number of anilines is 1. The predicted molar refractivity (Wildman–Crippen MR) is 72.2 cm³/mol. The first kappa shape index (κ1) is 14.7. The number of aliphatic carboxylic acids is 1. The smallest absolute Gasteiger partial charge is 0.325 e. The van der Waals surface area contributed by atoms with Gasteiger partial charge in [0.2, 0.25) is 11.1 Å². The topological polar surface area (TPSA) is 135 Å². The Morgan fingerprint density at radius 1 is 1.38 bits per heavy atom. The quantitative estimate of drug-likeness (QED) is 0.452. The molecule has 0 saturated carbocycles. The van der Waals surface area contributed by atoms with E-state index in [1.54, 1.807) is 24.4 Å². The molecule has 11 heteroatoms. The fraction of sp³-hybridized carbons (Fsp3) is 0.200. The van der Waals surface area contributed by atoms with Crippen LogP contribution < -0.4 is 10.9 Å². The molecule has 2 rings (SSSR count). The van der Waals surface area contributed by atoms with Gasteiger partial charge in [-0.1, -0.05) is 17.8 Å². The van der Waals surface area contributed by atoms with Gasteiger partial charge in [0, 0.05) is 6.20 Å². The van der Waals surface area contributed by atoms with Crippen molar-refractivity contribution in [2.75, 3.05) is 11.2 Å². The number of hydrogen-bond acceptors (Lipinski definition) is 8. The number of pyridine rings is 1. The third kappa shape index (κ3) is 4.72. The molecular formula is C10H11N7O3S. The number of nitrogens with zero attached hydrogens (tertiary/aromatic N) is 5. The molecule has 0 aliphatic rings. The monoisotopic (exact) mass is 309 g/mol. The molecule has 0 unspecified atom stereocenters. The number of carbonyl (C=O) groups excluding carboxylic acids is 1. The Bertz CT molecular complexity index is 618. The number of thioether (sulfide) groups is 1. The Morgan fingerprint density at radius 3 is 2.95 bits per heavy atom. The van der Waals surface area contributed by atoms with Gasteiger partial charge < -0.3 is 5.11 Å². The lowest BCUT2D eigenvalue weighted by molar-refractivity contribution is -0.138. The van der Waals surface area contributed by atoms with E-state index in [9.17, 15) is 9.59 Å². The lowest BCUT2D eigenvalue weighted by atomic mass is 10.5. The van der Waals surface area contributed by atoms with Crippen molar-refractivity contribution in [3.63, 3.8) is 0 Å². The minimum atomic E-state index is -1.06. The normalized spacial score (nSPS) is 10.1. The van der Waals surface area contributed by atoms with Gasteiger partial charge in [0.1, 0.15) is 12.4 Å². The average molecular weight is 309 g/mol. The van der Waals surface area contributed by atoms with E-state index in [0.29, 0.717) is 5.82 Å². The highest BCUT2D eigenvalue weighted by Crippen LogP contribution is 2.12. The van der Waals surface area contributed by atoms with Crippen LogP contribution >= 0.6 is 11.8 Å². The third-order valence-corrected chi connectivity index (χ3v) is 3.07. The van der Waals surface area contributed by atoms with Gasteiger partial charge in [-0.25, -0.2) is 9.67 Å². The standard InChI is InChI=1S/C10H11N7O3S/c18-8(13-12-7-3-1-2-4-11-7)6-21-10-14-15-16-17(10)5-9(19)20/h1-4H,5-6H2,(H,11,12)(H,13,18)(H,19,20). The molecule has 10 nitrogen and oxygen atoms in total. The Kier molecular flexibility index (Phi) is 5.04. The van der Waals surface area contributed by atoms with Crippen LogP contribution in [0, 0.1) is 0 Å². The second kappa shape index (κ2) is 7.19. The van der Waals surface area contributed by atoms with Crippen LogP contribution in [0.3, 0.4) is 0 Å². The Morgan fingerprint density at radius 2 is 2.24 bits per heavy atom. The van der Waals surface area contributed by atoms with Crippen molar-refractivity contribution in [3.8, 4) is 0 Å². The second-order valence-corrected chi connectivity index (χ2v) is 4.63. The van der Waals surface area contributed by atoms with Gasteiger partial charge in [-0.05, 0) is 22.6 Å². The van der Waals surface area contributed by atoms with Crippen LogP contribution in [0.25, 0.3) is 0 Å². The van der Waals surface area contributed by atoms with Gasteiger partial charge in [0.15, 0.2) is 0 Å². The highest BCUT2D eigenvalue weighted by Gasteiger charge is 2.12. The van der Waals surface area contributed by atoms with Crippen molar-refractivity contribution in [2.45, 2.75) is 11.7 Å². The largest absolute Gasteiger partial charge is 0.480 e. The number of hydrogen-bond donors (Lipinski definition) is 3. The van der Waals surface area contributed by atoms with Crippen LogP contribution in [-0.2, 0) is 16.1 Å². The van der Waals surface area contributed by atoms with Gasteiger partial charge in [0.25, 0.3) is 0 Å². The molecule has 0 atom stereocenters. The Labute approximate surface area is 122 Å². The van der Waals surface area contributed by atoms with Crippen LogP contribution in [0.15, 0.2) is 29.6 Å². The van der Waals surface area contributed by atoms with Crippen molar-refractivity contribution in [3.05, 3.63) is 24.4 Å². The third-order valence-electron chi connectivity index (χ3n) is 2.11. The molecule has 0 saturated heterocycles. The van der Waals surface area contributed by atoms with Crippen LogP contribution in [0.5, 0.6) is 0 Å². The molecule has 3 N–H and O–H groups in total. The van der Waals surface area contributed by atoms with E-state index >= 15 is 0 Å². The first-order valence-corrected chi connectivity index (χ1v) is 6.70. The summed E-state index contributed by atoms with van der Waals surface area (Å²) in [6.07, 6.45) is 1.59. The molecule has 0 fully saturated rings. The van der Waals surface area contributed by atoms with Gasteiger partial charge in [0.05, 0.1) is 5.75 Å². The van der Waals surface area contributed by atoms with E-state index in [4.69, 9.17) is 5.11 Å². The van der Waals surface area contributed by atoms with Gasteiger partial charge in [-0.15, -0.1) is 5.10 Å². The second-order valence-electron chi connectivity index (χ2n) is 3.69. The number of hydrazine groups is 1.